The van der Waals surface area contributed by atoms with Crippen molar-refractivity contribution in [3.05, 3.63) is 41.3 Å². The van der Waals surface area contributed by atoms with Crippen LogP contribution in [-0.4, -0.2) is 5.11 Å². The molecule has 0 saturated carbocycles. The molecule has 0 aliphatic heterocycles. The molecule has 0 aliphatic rings. The normalized spacial score (nSPS) is 12.7. The minimum Gasteiger partial charge on any atom is -0.508 e. The van der Waals surface area contributed by atoms with Crippen molar-refractivity contribution < 1.29 is 5.11 Å². The van der Waals surface area contributed by atoms with Crippen LogP contribution in [0.15, 0.2) is 36.4 Å². The average Bonchev–Trinajstić information content (AvgIpc) is 2.68. The van der Waals surface area contributed by atoms with Crippen LogP contribution >= 0.6 is 24.0 Å². The maximum atomic E-state index is 9.17. The highest BCUT2D eigenvalue weighted by molar-refractivity contribution is 7.80. The summed E-state index contributed by atoms with van der Waals surface area (Å²) in [6.45, 7) is 0. The topological polar surface area (TPSA) is 46.2 Å². The highest BCUT2D eigenvalue weighted by Gasteiger charge is 2.06. The van der Waals surface area contributed by atoms with Gasteiger partial charge < -0.3 is 10.8 Å². The van der Waals surface area contributed by atoms with Crippen molar-refractivity contribution in [2.75, 3.05) is 0 Å². The summed E-state index contributed by atoms with van der Waals surface area (Å²) in [4.78, 5) is 2.18. The van der Waals surface area contributed by atoms with Crippen LogP contribution in [0.5, 0.6) is 5.75 Å². The molecule has 15 heavy (non-hydrogen) atoms. The van der Waals surface area contributed by atoms with E-state index in [0.717, 1.165) is 15.3 Å². The molecule has 1 unspecified atom stereocenters. The van der Waals surface area contributed by atoms with Gasteiger partial charge in [0, 0.05) is 9.75 Å². The highest BCUT2D eigenvalue weighted by atomic mass is 32.1. The Kier molecular flexibility index (Phi) is 3.00. The number of hydrogen-bond donors (Lipinski definition) is 3. The standard InChI is InChI=1S/C11H11NOS2/c12-11(14)10-6-5-9(15-10)7-1-3-8(13)4-2-7/h1-6,11,13-14H,12H2. The zero-order chi connectivity index (χ0) is 10.8. The molecule has 0 amide bonds. The van der Waals surface area contributed by atoms with E-state index in [9.17, 15) is 0 Å². The van der Waals surface area contributed by atoms with E-state index < -0.39 is 0 Å². The van der Waals surface area contributed by atoms with E-state index in [1.54, 1.807) is 23.5 Å². The molecule has 0 saturated heterocycles. The molecule has 0 bridgehead atoms. The molecule has 1 aromatic carbocycles. The smallest absolute Gasteiger partial charge is 0.115 e. The summed E-state index contributed by atoms with van der Waals surface area (Å²) < 4.78 is 0. The number of aromatic hydroxyl groups is 1. The van der Waals surface area contributed by atoms with E-state index in [-0.39, 0.29) is 11.1 Å². The van der Waals surface area contributed by atoms with Crippen LogP contribution in [0.2, 0.25) is 0 Å². The van der Waals surface area contributed by atoms with Gasteiger partial charge in [-0.1, -0.05) is 0 Å². The van der Waals surface area contributed by atoms with Crippen molar-refractivity contribution in [2.45, 2.75) is 5.37 Å². The van der Waals surface area contributed by atoms with Crippen LogP contribution in [0, 0.1) is 0 Å². The van der Waals surface area contributed by atoms with E-state index >= 15 is 0 Å². The van der Waals surface area contributed by atoms with Crippen LogP contribution in [0.25, 0.3) is 10.4 Å². The molecule has 2 rings (SSSR count). The number of phenols is 1. The minimum absolute atomic E-state index is 0.221. The summed E-state index contributed by atoms with van der Waals surface area (Å²) in [5.74, 6) is 0.279. The lowest BCUT2D eigenvalue weighted by atomic mass is 10.2. The van der Waals surface area contributed by atoms with Crippen molar-refractivity contribution in [1.29, 1.82) is 0 Å². The summed E-state index contributed by atoms with van der Waals surface area (Å²) in [5, 5.41) is 8.95. The first kappa shape index (κ1) is 10.5. The molecule has 1 heterocycles. The SMILES string of the molecule is NC(S)c1ccc(-c2ccc(O)cc2)s1. The Hall–Kier alpha value is -0.970. The molecule has 0 aliphatic carbocycles. The fourth-order valence-corrected chi connectivity index (χ4v) is 2.44. The maximum Gasteiger partial charge on any atom is 0.115 e. The molecular weight excluding hydrogens is 226 g/mol. The quantitative estimate of drug-likeness (QED) is 0.555. The second-order valence-corrected chi connectivity index (χ2v) is 4.87. The molecule has 0 spiro atoms. The van der Waals surface area contributed by atoms with E-state index in [1.807, 2.05) is 24.3 Å². The number of thiol groups is 1. The Morgan fingerprint density at radius 1 is 1.13 bits per heavy atom. The summed E-state index contributed by atoms with van der Waals surface area (Å²) in [7, 11) is 0. The zero-order valence-electron chi connectivity index (χ0n) is 7.92. The Balaban J connectivity index is 2.33. The van der Waals surface area contributed by atoms with Crippen molar-refractivity contribution in [1.82, 2.24) is 0 Å². The Morgan fingerprint density at radius 3 is 2.33 bits per heavy atom. The third-order valence-electron chi connectivity index (χ3n) is 2.07. The van der Waals surface area contributed by atoms with E-state index in [1.165, 1.54) is 0 Å². The summed E-state index contributed by atoms with van der Waals surface area (Å²) in [5.41, 5.74) is 6.75. The van der Waals surface area contributed by atoms with Gasteiger partial charge in [-0.3, -0.25) is 0 Å². The second kappa shape index (κ2) is 4.26. The molecule has 78 valence electrons. The van der Waals surface area contributed by atoms with E-state index in [2.05, 4.69) is 12.6 Å². The second-order valence-electron chi connectivity index (χ2n) is 3.19. The average molecular weight is 237 g/mol. The number of hydrogen-bond acceptors (Lipinski definition) is 4. The van der Waals surface area contributed by atoms with E-state index in [0.29, 0.717) is 0 Å². The summed E-state index contributed by atoms with van der Waals surface area (Å²) >= 11 is 5.79. The van der Waals surface area contributed by atoms with Gasteiger partial charge >= 0.3 is 0 Å². The van der Waals surface area contributed by atoms with Crippen molar-refractivity contribution in [3.63, 3.8) is 0 Å². The van der Waals surface area contributed by atoms with Crippen molar-refractivity contribution in [2.24, 2.45) is 5.73 Å². The van der Waals surface area contributed by atoms with Crippen LogP contribution in [-0.2, 0) is 0 Å². The van der Waals surface area contributed by atoms with Crippen LogP contribution in [0.3, 0.4) is 0 Å². The highest BCUT2D eigenvalue weighted by Crippen LogP contribution is 2.32. The predicted molar refractivity (Wildman–Crippen MR) is 67.3 cm³/mol. The van der Waals surface area contributed by atoms with Gasteiger partial charge in [0.05, 0.1) is 5.37 Å². The number of benzene rings is 1. The molecular formula is C11H11NOS2. The van der Waals surface area contributed by atoms with Gasteiger partial charge in [0.25, 0.3) is 0 Å². The summed E-state index contributed by atoms with van der Waals surface area (Å²) in [6.07, 6.45) is 0. The van der Waals surface area contributed by atoms with Gasteiger partial charge in [0.15, 0.2) is 0 Å². The van der Waals surface area contributed by atoms with Gasteiger partial charge in [-0.15, -0.1) is 11.3 Å². The third-order valence-corrected chi connectivity index (χ3v) is 3.74. The van der Waals surface area contributed by atoms with Crippen LogP contribution in [0.4, 0.5) is 0 Å². The first-order valence-electron chi connectivity index (χ1n) is 4.49. The molecule has 1 aromatic heterocycles. The van der Waals surface area contributed by atoms with Gasteiger partial charge in [0.2, 0.25) is 0 Å². The molecule has 2 nitrogen and oxygen atoms in total. The van der Waals surface area contributed by atoms with Crippen LogP contribution < -0.4 is 5.73 Å². The maximum absolute atomic E-state index is 9.17. The zero-order valence-corrected chi connectivity index (χ0v) is 9.63. The Labute approximate surface area is 97.8 Å². The monoisotopic (exact) mass is 237 g/mol. The largest absolute Gasteiger partial charge is 0.508 e. The van der Waals surface area contributed by atoms with Gasteiger partial charge in [0.1, 0.15) is 5.75 Å². The molecule has 2 aromatic rings. The number of nitrogens with two attached hydrogens (primary N) is 1. The number of phenolic OH excluding ortho intramolecular Hbond substituents is 1. The summed E-state index contributed by atoms with van der Waals surface area (Å²) in [6, 6.07) is 11.1. The van der Waals surface area contributed by atoms with Crippen molar-refractivity contribution >= 4 is 24.0 Å². The number of thiophene rings is 1. The number of rotatable bonds is 2. The minimum atomic E-state index is -0.221. The first-order chi connectivity index (χ1) is 7.16. The molecule has 0 radical (unpaired) electrons. The van der Waals surface area contributed by atoms with Gasteiger partial charge in [-0.05, 0) is 42.0 Å². The van der Waals surface area contributed by atoms with Crippen molar-refractivity contribution in [3.8, 4) is 16.2 Å². The lowest BCUT2D eigenvalue weighted by Gasteiger charge is -1.99. The molecule has 3 N–H and O–H groups in total. The Morgan fingerprint density at radius 2 is 1.80 bits per heavy atom. The fraction of sp³-hybridized carbons (Fsp3) is 0.0909. The van der Waals surface area contributed by atoms with E-state index in [4.69, 9.17) is 10.8 Å². The van der Waals surface area contributed by atoms with Crippen LogP contribution in [0.1, 0.15) is 10.3 Å². The lowest BCUT2D eigenvalue weighted by molar-refractivity contribution is 0.475. The fourth-order valence-electron chi connectivity index (χ4n) is 1.29. The molecule has 4 heteroatoms. The van der Waals surface area contributed by atoms with Gasteiger partial charge in [-0.25, -0.2) is 0 Å². The molecule has 0 fully saturated rings. The predicted octanol–water partition coefficient (Wildman–Crippen LogP) is 3.01. The molecule has 1 atom stereocenters. The van der Waals surface area contributed by atoms with Gasteiger partial charge in [-0.2, -0.15) is 12.6 Å². The first-order valence-corrected chi connectivity index (χ1v) is 5.83. The third kappa shape index (κ3) is 2.34. The Bertz CT molecular complexity index is 448. The lowest BCUT2D eigenvalue weighted by Crippen LogP contribution is -1.98.